The second-order valence-electron chi connectivity index (χ2n) is 2.56. The number of rotatable bonds is 4. The fourth-order valence-electron chi connectivity index (χ4n) is 0.280. The molecule has 0 radical (unpaired) electrons. The molecule has 11 heavy (non-hydrogen) atoms. The molecule has 0 fully saturated rings. The second kappa shape index (κ2) is 4.91. The first-order valence-electron chi connectivity index (χ1n) is 3.55. The Morgan fingerprint density at radius 1 is 1.64 bits per heavy atom. The van der Waals surface area contributed by atoms with E-state index in [-0.39, 0.29) is 12.7 Å². The molecule has 0 aliphatic carbocycles. The summed E-state index contributed by atoms with van der Waals surface area (Å²) in [5, 5.41) is 12.3. The van der Waals surface area contributed by atoms with E-state index < -0.39 is 0 Å². The zero-order valence-corrected chi connectivity index (χ0v) is 7.29. The van der Waals surface area contributed by atoms with Crippen LogP contribution in [-0.2, 0) is 4.84 Å². The van der Waals surface area contributed by atoms with Crippen LogP contribution in [0.2, 0.25) is 0 Å². The van der Waals surface area contributed by atoms with E-state index in [1.54, 1.807) is 6.92 Å². The van der Waals surface area contributed by atoms with Gasteiger partial charge in [-0.25, -0.2) is 0 Å². The maximum absolute atomic E-state index is 8.57. The van der Waals surface area contributed by atoms with Crippen molar-refractivity contribution in [2.45, 2.75) is 26.9 Å². The smallest absolute Gasteiger partial charge is 0.147 e. The maximum atomic E-state index is 8.57. The number of nitrogens with zero attached hydrogens (tertiary/aromatic N) is 1. The Bertz CT molecular complexity index is 163. The predicted molar refractivity (Wildman–Crippen MR) is 45.6 cm³/mol. The first-order chi connectivity index (χ1) is 5.07. The quantitative estimate of drug-likeness (QED) is 0.494. The van der Waals surface area contributed by atoms with Crippen LogP contribution >= 0.6 is 0 Å². The van der Waals surface area contributed by atoms with Crippen molar-refractivity contribution in [2.75, 3.05) is 6.61 Å². The average Bonchev–Trinajstić information content (AvgIpc) is 1.99. The molecule has 0 amide bonds. The van der Waals surface area contributed by atoms with Gasteiger partial charge in [0.15, 0.2) is 0 Å². The van der Waals surface area contributed by atoms with Crippen molar-refractivity contribution >= 4 is 5.71 Å². The van der Waals surface area contributed by atoms with Gasteiger partial charge < -0.3 is 9.94 Å². The van der Waals surface area contributed by atoms with E-state index in [2.05, 4.69) is 11.7 Å². The minimum atomic E-state index is -0.246. The molecule has 1 unspecified atom stereocenters. The summed E-state index contributed by atoms with van der Waals surface area (Å²) in [7, 11) is 0. The largest absolute Gasteiger partial charge is 0.392 e. The summed E-state index contributed by atoms with van der Waals surface area (Å²) in [5.41, 5.74) is 1.63. The van der Waals surface area contributed by atoms with Gasteiger partial charge in [-0.05, 0) is 26.3 Å². The third-order valence-electron chi connectivity index (χ3n) is 1.24. The van der Waals surface area contributed by atoms with Crippen molar-refractivity contribution in [3.05, 3.63) is 12.2 Å². The van der Waals surface area contributed by atoms with Crippen molar-refractivity contribution in [3.63, 3.8) is 0 Å². The molecule has 3 nitrogen and oxygen atoms in total. The summed E-state index contributed by atoms with van der Waals surface area (Å²) in [4.78, 5) is 4.89. The van der Waals surface area contributed by atoms with E-state index >= 15 is 0 Å². The molecule has 0 spiro atoms. The Balaban J connectivity index is 3.82. The highest BCUT2D eigenvalue weighted by atomic mass is 16.6. The summed E-state index contributed by atoms with van der Waals surface area (Å²) in [6, 6.07) is 0. The zero-order valence-electron chi connectivity index (χ0n) is 7.29. The van der Waals surface area contributed by atoms with Gasteiger partial charge in [-0.3, -0.25) is 0 Å². The third kappa shape index (κ3) is 4.56. The summed E-state index contributed by atoms with van der Waals surface area (Å²) < 4.78 is 0. The molecule has 0 aromatic rings. The van der Waals surface area contributed by atoms with Crippen LogP contribution in [0.4, 0.5) is 0 Å². The van der Waals surface area contributed by atoms with E-state index in [4.69, 9.17) is 9.94 Å². The summed E-state index contributed by atoms with van der Waals surface area (Å²) in [6.07, 6.45) is -0.246. The van der Waals surface area contributed by atoms with Gasteiger partial charge in [-0.2, -0.15) is 0 Å². The molecule has 0 saturated carbocycles. The minimum Gasteiger partial charge on any atom is -0.392 e. The van der Waals surface area contributed by atoms with E-state index in [0.717, 1.165) is 11.3 Å². The van der Waals surface area contributed by atoms with Gasteiger partial charge in [0.25, 0.3) is 0 Å². The first-order valence-corrected chi connectivity index (χ1v) is 3.55. The number of oxime groups is 1. The highest BCUT2D eigenvalue weighted by molar-refractivity contribution is 5.96. The zero-order chi connectivity index (χ0) is 8.85. The van der Waals surface area contributed by atoms with Crippen molar-refractivity contribution < 1.29 is 9.94 Å². The van der Waals surface area contributed by atoms with Crippen LogP contribution in [0.5, 0.6) is 0 Å². The van der Waals surface area contributed by atoms with Gasteiger partial charge >= 0.3 is 0 Å². The number of aliphatic hydroxyl groups is 1. The van der Waals surface area contributed by atoms with Crippen molar-refractivity contribution in [3.8, 4) is 0 Å². The molecule has 1 N–H and O–H groups in total. The molecule has 0 rings (SSSR count). The van der Waals surface area contributed by atoms with E-state index in [1.807, 2.05) is 13.8 Å². The lowest BCUT2D eigenvalue weighted by molar-refractivity contribution is 0.0290. The molecular weight excluding hydrogens is 142 g/mol. The highest BCUT2D eigenvalue weighted by Gasteiger charge is 1.98. The molecule has 0 aliphatic heterocycles. The van der Waals surface area contributed by atoms with Gasteiger partial charge in [0, 0.05) is 0 Å². The predicted octanol–water partition coefficient (Wildman–Crippen LogP) is 1.34. The van der Waals surface area contributed by atoms with Gasteiger partial charge in [0.05, 0.1) is 12.3 Å². The number of hydrogen-bond acceptors (Lipinski definition) is 3. The van der Waals surface area contributed by atoms with Crippen molar-refractivity contribution in [1.82, 2.24) is 0 Å². The van der Waals surface area contributed by atoms with Crippen LogP contribution in [0.15, 0.2) is 17.3 Å². The Morgan fingerprint density at radius 3 is 2.55 bits per heavy atom. The Labute approximate surface area is 67.4 Å². The van der Waals surface area contributed by atoms with Crippen molar-refractivity contribution in [2.24, 2.45) is 5.16 Å². The van der Waals surface area contributed by atoms with Crippen LogP contribution in [0.25, 0.3) is 0 Å². The Hall–Kier alpha value is -0.830. The van der Waals surface area contributed by atoms with Crippen LogP contribution in [0.1, 0.15) is 20.8 Å². The summed E-state index contributed by atoms with van der Waals surface area (Å²) in [6.45, 7) is 9.07. The maximum Gasteiger partial charge on any atom is 0.147 e. The lowest BCUT2D eigenvalue weighted by atomic mass is 10.2. The Morgan fingerprint density at radius 2 is 2.18 bits per heavy atom. The highest BCUT2D eigenvalue weighted by Crippen LogP contribution is 1.95. The SMILES string of the molecule is C=C(C)/C(C)=N\OC(C)CO. The summed E-state index contributed by atoms with van der Waals surface area (Å²) >= 11 is 0. The number of hydrogen-bond donors (Lipinski definition) is 1. The molecule has 0 aromatic carbocycles. The normalized spacial score (nSPS) is 14.4. The van der Waals surface area contributed by atoms with Gasteiger partial charge in [0.1, 0.15) is 6.10 Å². The number of aliphatic hydroxyl groups excluding tert-OH is 1. The molecular formula is C8H15NO2. The van der Waals surface area contributed by atoms with Gasteiger partial charge in [-0.15, -0.1) is 0 Å². The lowest BCUT2D eigenvalue weighted by Gasteiger charge is -2.06. The molecule has 0 saturated heterocycles. The molecule has 0 aromatic heterocycles. The Kier molecular flexibility index (Phi) is 4.54. The first kappa shape index (κ1) is 10.2. The molecule has 64 valence electrons. The number of allylic oxidation sites excluding steroid dienone is 1. The second-order valence-corrected chi connectivity index (χ2v) is 2.56. The average molecular weight is 157 g/mol. The van der Waals surface area contributed by atoms with Gasteiger partial charge in [0.2, 0.25) is 0 Å². The minimum absolute atomic E-state index is 0.0209. The molecule has 1 atom stereocenters. The topological polar surface area (TPSA) is 41.8 Å². The van der Waals surface area contributed by atoms with Crippen LogP contribution in [0, 0.1) is 0 Å². The third-order valence-corrected chi connectivity index (χ3v) is 1.24. The molecule has 0 aliphatic rings. The molecule has 3 heteroatoms. The fourth-order valence-corrected chi connectivity index (χ4v) is 0.280. The standard InChI is InChI=1S/C8H15NO2/c1-6(2)8(4)9-11-7(3)5-10/h7,10H,1,5H2,2-4H3/b9-8-. The van der Waals surface area contributed by atoms with E-state index in [9.17, 15) is 0 Å². The lowest BCUT2D eigenvalue weighted by Crippen LogP contribution is -2.10. The van der Waals surface area contributed by atoms with Crippen LogP contribution in [0.3, 0.4) is 0 Å². The van der Waals surface area contributed by atoms with Crippen LogP contribution < -0.4 is 0 Å². The molecule has 0 bridgehead atoms. The monoisotopic (exact) mass is 157 g/mol. The van der Waals surface area contributed by atoms with E-state index in [0.29, 0.717) is 0 Å². The van der Waals surface area contributed by atoms with E-state index in [1.165, 1.54) is 0 Å². The van der Waals surface area contributed by atoms with Gasteiger partial charge in [-0.1, -0.05) is 11.7 Å². The molecule has 0 heterocycles. The fraction of sp³-hybridized carbons (Fsp3) is 0.625. The van der Waals surface area contributed by atoms with Crippen LogP contribution in [-0.4, -0.2) is 23.5 Å². The van der Waals surface area contributed by atoms with Crippen molar-refractivity contribution in [1.29, 1.82) is 0 Å². The summed E-state index contributed by atoms with van der Waals surface area (Å²) in [5.74, 6) is 0.